The molecule has 0 fully saturated rings. The molecule has 0 aliphatic rings. The molecule has 0 aromatic heterocycles. The van der Waals surface area contributed by atoms with Crippen molar-refractivity contribution in [2.45, 2.75) is 257 Å². The van der Waals surface area contributed by atoms with Crippen LogP contribution in [-0.2, 0) is 18.4 Å². The van der Waals surface area contributed by atoms with Gasteiger partial charge in [0.05, 0.1) is 39.9 Å². The van der Waals surface area contributed by atoms with E-state index in [0.717, 1.165) is 103 Å². The van der Waals surface area contributed by atoms with Crippen LogP contribution in [0.15, 0.2) is 134 Å². The summed E-state index contributed by atoms with van der Waals surface area (Å²) in [5.74, 6) is -0.215. The third-order valence-corrected chi connectivity index (χ3v) is 14.3. The minimum atomic E-state index is -4.61. The van der Waals surface area contributed by atoms with E-state index in [1.54, 1.807) is 6.08 Å². The first-order valence-electron chi connectivity index (χ1n) is 31.5. The highest BCUT2D eigenvalue weighted by Crippen LogP contribution is 2.38. The van der Waals surface area contributed by atoms with E-state index in [1.165, 1.54) is 122 Å². The molecule has 0 spiro atoms. The van der Waals surface area contributed by atoms with Crippen LogP contribution < -0.4 is 10.2 Å². The number of carbonyl (C=O) groups excluding carboxylic acids is 1. The second-order valence-electron chi connectivity index (χ2n) is 22.0. The summed E-state index contributed by atoms with van der Waals surface area (Å²) in [5, 5.41) is 13.9. The predicted octanol–water partition coefficient (Wildman–Crippen LogP) is 19.2. The fourth-order valence-corrected chi connectivity index (χ4v) is 9.18. The Kier molecular flexibility index (Phi) is 55.8. The van der Waals surface area contributed by atoms with Crippen LogP contribution in [0.4, 0.5) is 0 Å². The number of hydrogen-bond acceptors (Lipinski definition) is 6. The lowest BCUT2D eigenvalue weighted by atomic mass is 10.0. The minimum absolute atomic E-state index is 0.0126. The standard InChI is InChI=1S/C69H119N2O6P/c1-6-8-10-12-14-16-18-20-22-24-25-26-27-28-29-30-31-32-33-34-35-36-37-38-39-40-41-42-43-44-45-47-49-51-53-55-57-59-61-63-69(73)70-67(66-77-78(74,75)76-65-64-71(3,4)5)68(72)62-60-58-56-54-52-50-48-46-23-21-19-17-15-13-11-9-7-2/h8,10,14,16,20,22,25-26,28-29,31-32,34-35,37-38,40-41,52,54,60,62,67-68,72H,6-7,9,11-13,15,17-19,21,23-24,27,30,33,36,39,42-51,53,55-59,61,63-66H2,1-5H3,(H-,70,73,74,75)/b10-8-,16-14-,22-20-,26-25-,29-28-,32-31-,35-34-,38-37-,41-40-,54-52+,62-60+. The lowest BCUT2D eigenvalue weighted by Gasteiger charge is -2.29. The third-order valence-electron chi connectivity index (χ3n) is 13.3. The Labute approximate surface area is 481 Å². The van der Waals surface area contributed by atoms with Gasteiger partial charge >= 0.3 is 0 Å². The number of phosphoric ester groups is 1. The van der Waals surface area contributed by atoms with Crippen LogP contribution in [-0.4, -0.2) is 68.5 Å². The number of nitrogens with zero attached hydrogens (tertiary/aromatic N) is 1. The van der Waals surface area contributed by atoms with Crippen molar-refractivity contribution in [2.24, 2.45) is 0 Å². The van der Waals surface area contributed by atoms with E-state index in [0.29, 0.717) is 17.4 Å². The maximum absolute atomic E-state index is 13.0. The molecule has 0 aliphatic carbocycles. The van der Waals surface area contributed by atoms with E-state index in [4.69, 9.17) is 9.05 Å². The maximum Gasteiger partial charge on any atom is 0.268 e. The number of unbranched alkanes of at least 4 members (excludes halogenated alkanes) is 23. The Morgan fingerprint density at radius 3 is 1.19 bits per heavy atom. The number of nitrogens with one attached hydrogen (secondary N) is 1. The lowest BCUT2D eigenvalue weighted by Crippen LogP contribution is -2.45. The van der Waals surface area contributed by atoms with E-state index in [2.05, 4.69) is 141 Å². The zero-order valence-electron chi connectivity index (χ0n) is 50.8. The van der Waals surface area contributed by atoms with E-state index in [-0.39, 0.29) is 12.5 Å². The van der Waals surface area contributed by atoms with E-state index < -0.39 is 26.6 Å². The average Bonchev–Trinajstić information content (AvgIpc) is 3.40. The molecule has 8 nitrogen and oxygen atoms in total. The largest absolute Gasteiger partial charge is 0.756 e. The topological polar surface area (TPSA) is 108 Å². The molecule has 1 amide bonds. The van der Waals surface area contributed by atoms with E-state index in [1.807, 2.05) is 27.2 Å². The second-order valence-corrected chi connectivity index (χ2v) is 23.4. The molecule has 0 bridgehead atoms. The summed E-state index contributed by atoms with van der Waals surface area (Å²) >= 11 is 0. The number of amides is 1. The zero-order chi connectivity index (χ0) is 57.0. The number of rotatable bonds is 56. The minimum Gasteiger partial charge on any atom is -0.756 e. The summed E-state index contributed by atoms with van der Waals surface area (Å²) < 4.78 is 23.3. The van der Waals surface area contributed by atoms with Crippen molar-refractivity contribution in [3.8, 4) is 0 Å². The molecule has 2 N–H and O–H groups in total. The van der Waals surface area contributed by atoms with Crippen LogP contribution in [0, 0.1) is 0 Å². The number of hydrogen-bond donors (Lipinski definition) is 2. The van der Waals surface area contributed by atoms with Crippen LogP contribution in [0.5, 0.6) is 0 Å². The number of carbonyl (C=O) groups is 1. The summed E-state index contributed by atoms with van der Waals surface area (Å²) in [6, 6.07) is -0.914. The van der Waals surface area contributed by atoms with E-state index >= 15 is 0 Å². The first kappa shape index (κ1) is 74.6. The molecule has 0 aromatic rings. The average molecular weight is 1100 g/mol. The van der Waals surface area contributed by atoms with Gasteiger partial charge in [-0.15, -0.1) is 0 Å². The van der Waals surface area contributed by atoms with Crippen molar-refractivity contribution in [1.29, 1.82) is 0 Å². The molecule has 446 valence electrons. The molecule has 0 saturated carbocycles. The fraction of sp³-hybridized carbons (Fsp3) is 0.667. The quantitative estimate of drug-likeness (QED) is 0.0272. The molecule has 0 heterocycles. The molecule has 0 saturated heterocycles. The predicted molar refractivity (Wildman–Crippen MR) is 338 cm³/mol. The number of aliphatic hydroxyl groups excluding tert-OH is 1. The van der Waals surface area contributed by atoms with Crippen LogP contribution in [0.3, 0.4) is 0 Å². The Morgan fingerprint density at radius 2 is 0.795 bits per heavy atom. The van der Waals surface area contributed by atoms with Crippen LogP contribution >= 0.6 is 7.82 Å². The summed E-state index contributed by atoms with van der Waals surface area (Å²) in [6.45, 7) is 4.51. The molecule has 0 aromatic carbocycles. The number of phosphoric acid groups is 1. The van der Waals surface area contributed by atoms with Crippen molar-refractivity contribution < 1.29 is 32.9 Å². The molecule has 0 aliphatic heterocycles. The number of quaternary nitrogens is 1. The summed E-state index contributed by atoms with van der Waals surface area (Å²) in [6.07, 6.45) is 88.3. The highest BCUT2D eigenvalue weighted by Gasteiger charge is 2.23. The summed E-state index contributed by atoms with van der Waals surface area (Å²) in [5.41, 5.74) is 0. The van der Waals surface area contributed by atoms with Crippen molar-refractivity contribution in [2.75, 3.05) is 40.9 Å². The molecule has 3 unspecified atom stereocenters. The lowest BCUT2D eigenvalue weighted by molar-refractivity contribution is -0.870. The first-order valence-corrected chi connectivity index (χ1v) is 33.0. The SMILES string of the molecule is CC/C=C\C/C=C\C/C=C\C/C=C\C/C=C\C/C=C\C/C=C\C/C=C\C/C=C\CCCCCCCCCCCCCC(=O)NC(COP(=O)([O-])OCC[N+](C)(C)C)C(O)/C=C/CC/C=C/CCCCCCCCCCCCC. The van der Waals surface area contributed by atoms with Crippen LogP contribution in [0.2, 0.25) is 0 Å². The van der Waals surface area contributed by atoms with Gasteiger partial charge in [-0.25, -0.2) is 0 Å². The van der Waals surface area contributed by atoms with Crippen molar-refractivity contribution in [3.05, 3.63) is 134 Å². The normalized spacial score (nSPS) is 14.7. The maximum atomic E-state index is 13.0. The second kappa shape index (κ2) is 58.3. The van der Waals surface area contributed by atoms with E-state index in [9.17, 15) is 19.4 Å². The Hall–Kier alpha value is -3.36. The van der Waals surface area contributed by atoms with Crippen LogP contribution in [0.25, 0.3) is 0 Å². The molecular formula is C69H119N2O6P. The first-order chi connectivity index (χ1) is 38.0. The van der Waals surface area contributed by atoms with Gasteiger partial charge in [0.25, 0.3) is 7.82 Å². The summed E-state index contributed by atoms with van der Waals surface area (Å²) in [7, 11) is 1.23. The molecule has 0 rings (SSSR count). The molecule has 78 heavy (non-hydrogen) atoms. The van der Waals surface area contributed by atoms with Gasteiger partial charge in [-0.1, -0.05) is 270 Å². The zero-order valence-corrected chi connectivity index (χ0v) is 51.7. The number of aliphatic hydroxyl groups is 1. The van der Waals surface area contributed by atoms with Gasteiger partial charge in [0, 0.05) is 6.42 Å². The van der Waals surface area contributed by atoms with Crippen LogP contribution in [0.1, 0.15) is 245 Å². The van der Waals surface area contributed by atoms with Gasteiger partial charge in [0.15, 0.2) is 0 Å². The molecular weight excluding hydrogens is 984 g/mol. The van der Waals surface area contributed by atoms with Gasteiger partial charge in [0.1, 0.15) is 13.2 Å². The van der Waals surface area contributed by atoms with Gasteiger partial charge in [-0.3, -0.25) is 9.36 Å². The Balaban J connectivity index is 4.14. The number of allylic oxidation sites excluding steroid dienone is 21. The molecule has 9 heteroatoms. The number of likely N-dealkylation sites (N-methyl/N-ethyl adjacent to an activating group) is 1. The Morgan fingerprint density at radius 1 is 0.462 bits per heavy atom. The monoisotopic (exact) mass is 1100 g/mol. The molecule has 0 radical (unpaired) electrons. The summed E-state index contributed by atoms with van der Waals surface area (Å²) in [4.78, 5) is 25.5. The highest BCUT2D eigenvalue weighted by atomic mass is 31.2. The highest BCUT2D eigenvalue weighted by molar-refractivity contribution is 7.45. The van der Waals surface area contributed by atoms with Crippen molar-refractivity contribution in [3.63, 3.8) is 0 Å². The fourth-order valence-electron chi connectivity index (χ4n) is 8.46. The smallest absolute Gasteiger partial charge is 0.268 e. The van der Waals surface area contributed by atoms with Gasteiger partial charge < -0.3 is 28.8 Å². The van der Waals surface area contributed by atoms with Crippen molar-refractivity contribution in [1.82, 2.24) is 5.32 Å². The van der Waals surface area contributed by atoms with Gasteiger partial charge in [0.2, 0.25) is 5.91 Å². The Bertz CT molecular complexity index is 1730. The van der Waals surface area contributed by atoms with Crippen molar-refractivity contribution >= 4 is 13.7 Å². The third kappa shape index (κ3) is 60.3. The van der Waals surface area contributed by atoms with Gasteiger partial charge in [-0.05, 0) is 103 Å². The van der Waals surface area contributed by atoms with Gasteiger partial charge in [-0.2, -0.15) is 0 Å². The molecule has 3 atom stereocenters.